The monoisotopic (exact) mass is 228 g/mol. The van der Waals surface area contributed by atoms with E-state index in [1.807, 2.05) is 20.8 Å². The van der Waals surface area contributed by atoms with Crippen molar-refractivity contribution in [1.29, 1.82) is 0 Å². The third kappa shape index (κ3) is 2.65. The molecule has 1 saturated heterocycles. The number of rotatable bonds is 3. The van der Waals surface area contributed by atoms with Crippen molar-refractivity contribution in [2.45, 2.75) is 45.7 Å². The minimum Gasteiger partial charge on any atom is -0.480 e. The molecule has 5 nitrogen and oxygen atoms in total. The van der Waals surface area contributed by atoms with Gasteiger partial charge in [-0.1, -0.05) is 13.8 Å². The molecule has 0 spiro atoms. The van der Waals surface area contributed by atoms with Gasteiger partial charge in [0.1, 0.15) is 6.04 Å². The maximum absolute atomic E-state index is 11.8. The van der Waals surface area contributed by atoms with Crippen LogP contribution in [-0.4, -0.2) is 40.6 Å². The summed E-state index contributed by atoms with van der Waals surface area (Å²) in [6.45, 7) is 6.29. The maximum Gasteiger partial charge on any atom is 0.326 e. The van der Waals surface area contributed by atoms with Crippen LogP contribution in [-0.2, 0) is 4.79 Å². The molecule has 16 heavy (non-hydrogen) atoms. The standard InChI is InChI=1S/C11H20N2O3/c1-4-8(3)12-11(16)13-6-5-7(2)9(13)10(14)15/h7-9H,4-6H2,1-3H3,(H,12,16)(H,14,15). The van der Waals surface area contributed by atoms with E-state index in [2.05, 4.69) is 5.32 Å². The van der Waals surface area contributed by atoms with E-state index in [9.17, 15) is 9.59 Å². The summed E-state index contributed by atoms with van der Waals surface area (Å²) in [4.78, 5) is 24.3. The van der Waals surface area contributed by atoms with Gasteiger partial charge in [-0.05, 0) is 25.7 Å². The number of nitrogens with one attached hydrogen (secondary N) is 1. The quantitative estimate of drug-likeness (QED) is 0.764. The summed E-state index contributed by atoms with van der Waals surface area (Å²) in [5, 5.41) is 11.9. The van der Waals surface area contributed by atoms with E-state index in [4.69, 9.17) is 5.11 Å². The van der Waals surface area contributed by atoms with Gasteiger partial charge < -0.3 is 15.3 Å². The fourth-order valence-electron chi connectivity index (χ4n) is 1.95. The molecule has 3 atom stereocenters. The Bertz CT molecular complexity index is 280. The van der Waals surface area contributed by atoms with Crippen LogP contribution in [0, 0.1) is 5.92 Å². The average Bonchev–Trinajstić information content (AvgIpc) is 2.59. The van der Waals surface area contributed by atoms with Gasteiger partial charge in [-0.25, -0.2) is 9.59 Å². The van der Waals surface area contributed by atoms with Gasteiger partial charge in [0.25, 0.3) is 0 Å². The molecule has 1 fully saturated rings. The molecular weight excluding hydrogens is 208 g/mol. The van der Waals surface area contributed by atoms with Crippen molar-refractivity contribution in [3.8, 4) is 0 Å². The fourth-order valence-corrected chi connectivity index (χ4v) is 1.95. The number of urea groups is 1. The highest BCUT2D eigenvalue weighted by Gasteiger charge is 2.39. The Balaban J connectivity index is 2.65. The van der Waals surface area contributed by atoms with Crippen molar-refractivity contribution in [3.05, 3.63) is 0 Å². The van der Waals surface area contributed by atoms with Gasteiger partial charge in [-0.3, -0.25) is 0 Å². The highest BCUT2D eigenvalue weighted by molar-refractivity contribution is 5.83. The van der Waals surface area contributed by atoms with E-state index in [-0.39, 0.29) is 18.0 Å². The first kappa shape index (κ1) is 12.8. The summed E-state index contributed by atoms with van der Waals surface area (Å²) >= 11 is 0. The Kier molecular flexibility index (Phi) is 4.15. The molecule has 0 aromatic heterocycles. The van der Waals surface area contributed by atoms with Crippen LogP contribution in [0.3, 0.4) is 0 Å². The Morgan fingerprint density at radius 3 is 2.69 bits per heavy atom. The predicted molar refractivity (Wildman–Crippen MR) is 60.2 cm³/mol. The second kappa shape index (κ2) is 5.18. The smallest absolute Gasteiger partial charge is 0.326 e. The lowest BCUT2D eigenvalue weighted by molar-refractivity contribution is -0.142. The summed E-state index contributed by atoms with van der Waals surface area (Å²) in [6, 6.07) is -0.854. The molecule has 1 aliphatic heterocycles. The molecule has 92 valence electrons. The summed E-state index contributed by atoms with van der Waals surface area (Å²) < 4.78 is 0. The zero-order valence-electron chi connectivity index (χ0n) is 10.1. The third-order valence-electron chi connectivity index (χ3n) is 3.20. The van der Waals surface area contributed by atoms with Gasteiger partial charge >= 0.3 is 12.0 Å². The van der Waals surface area contributed by atoms with Crippen molar-refractivity contribution >= 4 is 12.0 Å². The third-order valence-corrected chi connectivity index (χ3v) is 3.20. The van der Waals surface area contributed by atoms with E-state index in [0.29, 0.717) is 6.54 Å². The van der Waals surface area contributed by atoms with Crippen molar-refractivity contribution in [2.75, 3.05) is 6.54 Å². The highest BCUT2D eigenvalue weighted by atomic mass is 16.4. The van der Waals surface area contributed by atoms with E-state index in [0.717, 1.165) is 12.8 Å². The number of carbonyl (C=O) groups excluding carboxylic acids is 1. The van der Waals surface area contributed by atoms with Gasteiger partial charge in [0.15, 0.2) is 0 Å². The molecule has 1 rings (SSSR count). The van der Waals surface area contributed by atoms with Crippen LogP contribution in [0.5, 0.6) is 0 Å². The second-order valence-corrected chi connectivity index (χ2v) is 4.50. The molecule has 0 saturated carbocycles. The minimum atomic E-state index is -0.913. The Labute approximate surface area is 95.8 Å². The lowest BCUT2D eigenvalue weighted by atomic mass is 10.0. The fraction of sp³-hybridized carbons (Fsp3) is 0.818. The molecule has 1 heterocycles. The molecule has 0 aliphatic carbocycles. The number of amides is 2. The van der Waals surface area contributed by atoms with Crippen LogP contribution in [0.25, 0.3) is 0 Å². The molecule has 5 heteroatoms. The number of nitrogens with zero attached hydrogens (tertiary/aromatic N) is 1. The molecular formula is C11H20N2O3. The number of carboxylic acid groups (broad SMARTS) is 1. The first-order valence-electron chi connectivity index (χ1n) is 5.77. The first-order chi connectivity index (χ1) is 7.47. The number of carboxylic acids is 1. The van der Waals surface area contributed by atoms with E-state index in [1.165, 1.54) is 4.90 Å². The van der Waals surface area contributed by atoms with Gasteiger partial charge in [0.05, 0.1) is 0 Å². The average molecular weight is 228 g/mol. The van der Waals surface area contributed by atoms with Crippen LogP contribution in [0.4, 0.5) is 4.79 Å². The maximum atomic E-state index is 11.8. The molecule has 0 bridgehead atoms. The number of hydrogen-bond donors (Lipinski definition) is 2. The normalized spacial score (nSPS) is 26.6. The highest BCUT2D eigenvalue weighted by Crippen LogP contribution is 2.24. The summed E-state index contributed by atoms with van der Waals surface area (Å²) in [6.07, 6.45) is 1.60. The van der Waals surface area contributed by atoms with Gasteiger partial charge in [-0.15, -0.1) is 0 Å². The zero-order valence-corrected chi connectivity index (χ0v) is 10.1. The van der Waals surface area contributed by atoms with Gasteiger partial charge in [-0.2, -0.15) is 0 Å². The Hall–Kier alpha value is -1.26. The molecule has 0 aromatic carbocycles. The number of likely N-dealkylation sites (tertiary alicyclic amines) is 1. The molecule has 1 aliphatic rings. The molecule has 0 aromatic rings. The van der Waals surface area contributed by atoms with Crippen molar-refractivity contribution in [2.24, 2.45) is 5.92 Å². The number of carbonyl (C=O) groups is 2. The molecule has 3 unspecified atom stereocenters. The molecule has 2 amide bonds. The van der Waals surface area contributed by atoms with E-state index >= 15 is 0 Å². The van der Waals surface area contributed by atoms with E-state index < -0.39 is 12.0 Å². The van der Waals surface area contributed by atoms with Crippen molar-refractivity contribution in [1.82, 2.24) is 10.2 Å². The molecule has 0 radical (unpaired) electrons. The van der Waals surface area contributed by atoms with E-state index in [1.54, 1.807) is 0 Å². The van der Waals surface area contributed by atoms with Crippen LogP contribution in [0.2, 0.25) is 0 Å². The molecule has 2 N–H and O–H groups in total. The minimum absolute atomic E-state index is 0.0279. The summed E-state index contributed by atoms with van der Waals surface area (Å²) in [7, 11) is 0. The number of hydrogen-bond acceptors (Lipinski definition) is 2. The van der Waals surface area contributed by atoms with Crippen LogP contribution < -0.4 is 5.32 Å². The van der Waals surface area contributed by atoms with Gasteiger partial charge in [0, 0.05) is 12.6 Å². The zero-order chi connectivity index (χ0) is 12.3. The SMILES string of the molecule is CCC(C)NC(=O)N1CCC(C)C1C(=O)O. The van der Waals surface area contributed by atoms with Crippen molar-refractivity contribution < 1.29 is 14.7 Å². The van der Waals surface area contributed by atoms with Crippen LogP contribution in [0.1, 0.15) is 33.6 Å². The first-order valence-corrected chi connectivity index (χ1v) is 5.77. The Morgan fingerprint density at radius 2 is 2.19 bits per heavy atom. The Morgan fingerprint density at radius 1 is 1.56 bits per heavy atom. The predicted octanol–water partition coefficient (Wildman–Crippen LogP) is 1.29. The lowest BCUT2D eigenvalue weighted by Gasteiger charge is -2.25. The van der Waals surface area contributed by atoms with Crippen molar-refractivity contribution in [3.63, 3.8) is 0 Å². The summed E-state index contributed by atoms with van der Waals surface area (Å²) in [5.41, 5.74) is 0. The summed E-state index contributed by atoms with van der Waals surface area (Å²) in [5.74, 6) is -0.885. The topological polar surface area (TPSA) is 69.6 Å². The van der Waals surface area contributed by atoms with Crippen LogP contribution >= 0.6 is 0 Å². The number of aliphatic carboxylic acids is 1. The lowest BCUT2D eigenvalue weighted by Crippen LogP contribution is -2.49. The van der Waals surface area contributed by atoms with Gasteiger partial charge in [0.2, 0.25) is 0 Å². The van der Waals surface area contributed by atoms with Crippen LogP contribution in [0.15, 0.2) is 0 Å². The second-order valence-electron chi connectivity index (χ2n) is 4.50. The largest absolute Gasteiger partial charge is 0.480 e.